The van der Waals surface area contributed by atoms with E-state index in [1.807, 2.05) is 6.07 Å². The lowest BCUT2D eigenvalue weighted by Crippen LogP contribution is -2.09. The van der Waals surface area contributed by atoms with Crippen LogP contribution < -0.4 is 10.6 Å². The van der Waals surface area contributed by atoms with Crippen LogP contribution in [0.5, 0.6) is 0 Å². The minimum absolute atomic E-state index is 0.490. The maximum absolute atomic E-state index is 5.96. The van der Waals surface area contributed by atoms with Gasteiger partial charge in [-0.3, -0.25) is 0 Å². The van der Waals surface area contributed by atoms with Crippen molar-refractivity contribution in [1.82, 2.24) is 9.97 Å². The van der Waals surface area contributed by atoms with Crippen molar-refractivity contribution in [1.29, 1.82) is 0 Å². The summed E-state index contributed by atoms with van der Waals surface area (Å²) in [6.07, 6.45) is 1.48. The Bertz CT molecular complexity index is 580. The van der Waals surface area contributed by atoms with Crippen LogP contribution in [0.3, 0.4) is 0 Å². The molecule has 7 heteroatoms. The summed E-state index contributed by atoms with van der Waals surface area (Å²) in [5, 5.41) is 7.27. The molecule has 5 nitrogen and oxygen atoms in total. The highest BCUT2D eigenvalue weighted by Gasteiger charge is 2.02. The van der Waals surface area contributed by atoms with Crippen LogP contribution in [0.25, 0.3) is 0 Å². The zero-order chi connectivity index (χ0) is 14.4. The second-order valence-corrected chi connectivity index (χ2v) is 4.78. The van der Waals surface area contributed by atoms with E-state index in [0.29, 0.717) is 29.0 Å². The van der Waals surface area contributed by atoms with E-state index in [9.17, 15) is 0 Å². The zero-order valence-corrected chi connectivity index (χ0v) is 12.4. The Labute approximate surface area is 127 Å². The number of halogens is 2. The maximum Gasteiger partial charge on any atom is 0.135 e. The summed E-state index contributed by atoms with van der Waals surface area (Å²) in [5.41, 5.74) is 0.806. The van der Waals surface area contributed by atoms with Gasteiger partial charge < -0.3 is 15.4 Å². The Morgan fingerprint density at radius 2 is 1.90 bits per heavy atom. The number of hydrogen-bond acceptors (Lipinski definition) is 5. The molecule has 0 bridgehead atoms. The molecule has 2 aromatic rings. The van der Waals surface area contributed by atoms with Gasteiger partial charge in [0.05, 0.1) is 16.7 Å². The summed E-state index contributed by atoms with van der Waals surface area (Å²) in [5.74, 6) is 1.39. The molecule has 0 aliphatic rings. The fraction of sp³-hybridized carbons (Fsp3) is 0.231. The first-order valence-electron chi connectivity index (χ1n) is 5.96. The summed E-state index contributed by atoms with van der Waals surface area (Å²) in [4.78, 5) is 8.27. The average molecular weight is 313 g/mol. The third kappa shape index (κ3) is 4.23. The number of anilines is 3. The highest BCUT2D eigenvalue weighted by molar-refractivity contribution is 6.42. The standard InChI is InChI=1S/C13H14Cl2N4O/c1-20-5-4-16-12-7-13(18-8-17-12)19-9-2-3-10(14)11(15)6-9/h2-3,6-8H,4-5H2,1H3,(H2,16,17,18,19). The van der Waals surface area contributed by atoms with E-state index in [1.165, 1.54) is 6.33 Å². The molecule has 0 aliphatic heterocycles. The van der Waals surface area contributed by atoms with Crippen molar-refractivity contribution < 1.29 is 4.74 Å². The van der Waals surface area contributed by atoms with Crippen molar-refractivity contribution in [3.05, 3.63) is 40.6 Å². The Balaban J connectivity index is 2.05. The van der Waals surface area contributed by atoms with Gasteiger partial charge in [0.2, 0.25) is 0 Å². The van der Waals surface area contributed by atoms with Crippen LogP contribution in [0, 0.1) is 0 Å². The van der Waals surface area contributed by atoms with E-state index < -0.39 is 0 Å². The zero-order valence-electron chi connectivity index (χ0n) is 10.9. The van der Waals surface area contributed by atoms with Crippen molar-refractivity contribution in [3.8, 4) is 0 Å². The number of nitrogens with zero attached hydrogens (tertiary/aromatic N) is 2. The third-order valence-electron chi connectivity index (χ3n) is 2.47. The van der Waals surface area contributed by atoms with Crippen LogP contribution in [-0.4, -0.2) is 30.2 Å². The van der Waals surface area contributed by atoms with E-state index >= 15 is 0 Å². The van der Waals surface area contributed by atoms with Crippen molar-refractivity contribution in [2.45, 2.75) is 0 Å². The number of benzene rings is 1. The number of rotatable bonds is 6. The van der Waals surface area contributed by atoms with Gasteiger partial charge >= 0.3 is 0 Å². The van der Waals surface area contributed by atoms with Crippen LogP contribution >= 0.6 is 23.2 Å². The van der Waals surface area contributed by atoms with Crippen LogP contribution in [0.2, 0.25) is 10.0 Å². The molecule has 0 unspecified atom stereocenters. The predicted molar refractivity (Wildman–Crippen MR) is 82.1 cm³/mol. The Morgan fingerprint density at radius 1 is 1.10 bits per heavy atom. The van der Waals surface area contributed by atoms with Gasteiger partial charge in [-0.15, -0.1) is 0 Å². The smallest absolute Gasteiger partial charge is 0.135 e. The van der Waals surface area contributed by atoms with Crippen LogP contribution in [0.4, 0.5) is 17.3 Å². The largest absolute Gasteiger partial charge is 0.383 e. The molecule has 106 valence electrons. The van der Waals surface area contributed by atoms with Gasteiger partial charge in [0.25, 0.3) is 0 Å². The molecule has 2 N–H and O–H groups in total. The molecule has 0 fully saturated rings. The first-order chi connectivity index (χ1) is 9.69. The molecule has 0 amide bonds. The molecular weight excluding hydrogens is 299 g/mol. The molecule has 0 atom stereocenters. The molecule has 0 radical (unpaired) electrons. The van der Waals surface area contributed by atoms with Crippen LogP contribution in [-0.2, 0) is 4.74 Å². The van der Waals surface area contributed by atoms with Gasteiger partial charge in [-0.25, -0.2) is 9.97 Å². The second kappa shape index (κ2) is 7.28. The minimum Gasteiger partial charge on any atom is -0.383 e. The van der Waals surface area contributed by atoms with Gasteiger partial charge in [-0.1, -0.05) is 23.2 Å². The fourth-order valence-electron chi connectivity index (χ4n) is 1.53. The van der Waals surface area contributed by atoms with Gasteiger partial charge in [-0.2, -0.15) is 0 Å². The number of hydrogen-bond donors (Lipinski definition) is 2. The van der Waals surface area contributed by atoms with Crippen molar-refractivity contribution in [2.75, 3.05) is 30.9 Å². The Hall–Kier alpha value is -1.56. The van der Waals surface area contributed by atoms with Crippen molar-refractivity contribution in [3.63, 3.8) is 0 Å². The van der Waals surface area contributed by atoms with Gasteiger partial charge in [0.15, 0.2) is 0 Å². The molecule has 20 heavy (non-hydrogen) atoms. The van der Waals surface area contributed by atoms with Crippen LogP contribution in [0.15, 0.2) is 30.6 Å². The molecule has 0 aliphatic carbocycles. The number of methoxy groups -OCH3 is 1. The summed E-state index contributed by atoms with van der Waals surface area (Å²) in [6, 6.07) is 7.10. The second-order valence-electron chi connectivity index (χ2n) is 3.96. The van der Waals surface area contributed by atoms with Gasteiger partial charge in [0.1, 0.15) is 18.0 Å². The Kier molecular flexibility index (Phi) is 5.40. The van der Waals surface area contributed by atoms with Crippen molar-refractivity contribution in [2.24, 2.45) is 0 Å². The lowest BCUT2D eigenvalue weighted by atomic mass is 10.3. The predicted octanol–water partition coefficient (Wildman–Crippen LogP) is 3.59. The fourth-order valence-corrected chi connectivity index (χ4v) is 1.82. The molecular formula is C13H14Cl2N4O. The molecule has 1 heterocycles. The lowest BCUT2D eigenvalue weighted by Gasteiger charge is -2.09. The van der Waals surface area contributed by atoms with Gasteiger partial charge in [0, 0.05) is 25.4 Å². The number of ether oxygens (including phenoxy) is 1. The van der Waals surface area contributed by atoms with E-state index in [0.717, 1.165) is 11.5 Å². The Morgan fingerprint density at radius 3 is 2.65 bits per heavy atom. The van der Waals surface area contributed by atoms with Gasteiger partial charge in [-0.05, 0) is 18.2 Å². The van der Waals surface area contributed by atoms with Crippen LogP contribution in [0.1, 0.15) is 0 Å². The lowest BCUT2D eigenvalue weighted by molar-refractivity contribution is 0.210. The summed E-state index contributed by atoms with van der Waals surface area (Å²) in [7, 11) is 1.65. The number of aromatic nitrogens is 2. The van der Waals surface area contributed by atoms with Crippen molar-refractivity contribution >= 4 is 40.5 Å². The SMILES string of the molecule is COCCNc1cc(Nc2ccc(Cl)c(Cl)c2)ncn1. The average Bonchev–Trinajstić information content (AvgIpc) is 2.44. The highest BCUT2D eigenvalue weighted by Crippen LogP contribution is 2.26. The molecule has 1 aromatic heterocycles. The van der Waals surface area contributed by atoms with E-state index in [-0.39, 0.29) is 0 Å². The summed E-state index contributed by atoms with van der Waals surface area (Å²) in [6.45, 7) is 1.29. The normalized spacial score (nSPS) is 10.3. The highest BCUT2D eigenvalue weighted by atomic mass is 35.5. The first-order valence-corrected chi connectivity index (χ1v) is 6.71. The topological polar surface area (TPSA) is 59.1 Å². The number of nitrogens with one attached hydrogen (secondary N) is 2. The maximum atomic E-state index is 5.96. The third-order valence-corrected chi connectivity index (χ3v) is 3.21. The molecule has 0 saturated carbocycles. The van der Waals surface area contributed by atoms with E-state index in [1.54, 1.807) is 25.3 Å². The molecule has 1 aromatic carbocycles. The molecule has 0 saturated heterocycles. The minimum atomic E-state index is 0.490. The summed E-state index contributed by atoms with van der Waals surface area (Å²) >= 11 is 11.8. The van der Waals surface area contributed by atoms with E-state index in [2.05, 4.69) is 20.6 Å². The first kappa shape index (κ1) is 14.8. The summed E-state index contributed by atoms with van der Waals surface area (Å²) < 4.78 is 4.97. The molecule has 0 spiro atoms. The quantitative estimate of drug-likeness (QED) is 0.798. The van der Waals surface area contributed by atoms with E-state index in [4.69, 9.17) is 27.9 Å². The monoisotopic (exact) mass is 312 g/mol. The molecule has 2 rings (SSSR count).